The van der Waals surface area contributed by atoms with Crippen molar-refractivity contribution in [2.24, 2.45) is 0 Å². The third-order valence-corrected chi connectivity index (χ3v) is 3.87. The molecule has 1 aliphatic rings. The van der Waals surface area contributed by atoms with Crippen LogP contribution in [-0.2, 0) is 9.47 Å². The second-order valence-electron chi connectivity index (χ2n) is 7.44. The Morgan fingerprint density at radius 3 is 2.10 bits per heavy atom. The largest absolute Gasteiger partial charge is 0.373 e. The van der Waals surface area contributed by atoms with E-state index in [2.05, 4.69) is 39.9 Å². The lowest BCUT2D eigenvalue weighted by atomic mass is 9.93. The molecule has 3 heteroatoms. The fourth-order valence-corrected chi connectivity index (χ4v) is 2.74. The summed E-state index contributed by atoms with van der Waals surface area (Å²) < 4.78 is 12.1. The quantitative estimate of drug-likeness (QED) is 0.568. The predicted molar refractivity (Wildman–Crippen MR) is 85.2 cm³/mol. The fraction of sp³-hybridized carbons (Fsp3) is 1.00. The number of hydrogen-bond acceptors (Lipinski definition) is 3. The molecule has 0 heterocycles. The highest BCUT2D eigenvalue weighted by Crippen LogP contribution is 2.30. The second-order valence-corrected chi connectivity index (χ2v) is 7.44. The lowest BCUT2D eigenvalue weighted by Crippen LogP contribution is -2.45. The molecule has 0 radical (unpaired) electrons. The van der Waals surface area contributed by atoms with Gasteiger partial charge in [0.05, 0.1) is 24.4 Å². The minimum absolute atomic E-state index is 0.0298. The summed E-state index contributed by atoms with van der Waals surface area (Å²) in [7, 11) is 0. The minimum atomic E-state index is -0.0733. The van der Waals surface area contributed by atoms with Crippen LogP contribution in [0.5, 0.6) is 0 Å². The molecule has 0 aliphatic heterocycles. The summed E-state index contributed by atoms with van der Waals surface area (Å²) in [5, 5.41) is 3.58. The van der Waals surface area contributed by atoms with Crippen molar-refractivity contribution in [1.82, 2.24) is 5.32 Å². The van der Waals surface area contributed by atoms with Crippen LogP contribution in [0.4, 0.5) is 0 Å². The summed E-state index contributed by atoms with van der Waals surface area (Å²) in [6.45, 7) is 13.0. The van der Waals surface area contributed by atoms with Gasteiger partial charge in [-0.05, 0) is 33.6 Å². The standard InChI is InChI=1S/C17H35NO2/c1-15(2)18-14-17(10-8-6-7-9-11-17)20-13-12-19-16(3,4)5/h15,18H,6-14H2,1-5H3. The molecule has 0 atom stereocenters. The molecule has 120 valence electrons. The highest BCUT2D eigenvalue weighted by molar-refractivity contribution is 4.86. The molecular formula is C17H35NO2. The van der Waals surface area contributed by atoms with Crippen molar-refractivity contribution >= 4 is 0 Å². The van der Waals surface area contributed by atoms with Crippen molar-refractivity contribution in [3.8, 4) is 0 Å². The molecule has 1 N–H and O–H groups in total. The van der Waals surface area contributed by atoms with Gasteiger partial charge < -0.3 is 14.8 Å². The molecule has 0 amide bonds. The molecular weight excluding hydrogens is 250 g/mol. The molecule has 1 saturated carbocycles. The molecule has 20 heavy (non-hydrogen) atoms. The first-order valence-electron chi connectivity index (χ1n) is 8.34. The summed E-state index contributed by atoms with van der Waals surface area (Å²) in [6, 6.07) is 0.518. The van der Waals surface area contributed by atoms with Crippen molar-refractivity contribution in [2.45, 2.75) is 90.4 Å². The van der Waals surface area contributed by atoms with E-state index in [-0.39, 0.29) is 11.2 Å². The van der Waals surface area contributed by atoms with Gasteiger partial charge in [0.15, 0.2) is 0 Å². The first-order valence-corrected chi connectivity index (χ1v) is 8.34. The Morgan fingerprint density at radius 2 is 1.60 bits per heavy atom. The lowest BCUT2D eigenvalue weighted by Gasteiger charge is -2.34. The van der Waals surface area contributed by atoms with Gasteiger partial charge in [-0.3, -0.25) is 0 Å². The van der Waals surface area contributed by atoms with Gasteiger partial charge in [-0.15, -0.1) is 0 Å². The summed E-state index contributed by atoms with van der Waals surface area (Å²) >= 11 is 0. The van der Waals surface area contributed by atoms with Crippen LogP contribution in [0.25, 0.3) is 0 Å². The molecule has 0 aromatic rings. The summed E-state index contributed by atoms with van der Waals surface area (Å²) in [5.74, 6) is 0. The van der Waals surface area contributed by atoms with Gasteiger partial charge in [-0.1, -0.05) is 39.5 Å². The number of rotatable bonds is 7. The second kappa shape index (κ2) is 8.35. The van der Waals surface area contributed by atoms with Crippen molar-refractivity contribution in [1.29, 1.82) is 0 Å². The number of nitrogens with one attached hydrogen (secondary N) is 1. The van der Waals surface area contributed by atoms with Crippen LogP contribution in [0, 0.1) is 0 Å². The van der Waals surface area contributed by atoms with Crippen LogP contribution < -0.4 is 5.32 Å². The smallest absolute Gasteiger partial charge is 0.0807 e. The predicted octanol–water partition coefficient (Wildman–Crippen LogP) is 3.91. The lowest BCUT2D eigenvalue weighted by molar-refractivity contribution is -0.0978. The van der Waals surface area contributed by atoms with Crippen LogP contribution in [0.2, 0.25) is 0 Å². The fourth-order valence-electron chi connectivity index (χ4n) is 2.74. The van der Waals surface area contributed by atoms with E-state index in [0.29, 0.717) is 19.3 Å². The molecule has 0 aromatic carbocycles. The van der Waals surface area contributed by atoms with Crippen molar-refractivity contribution in [3.05, 3.63) is 0 Å². The van der Waals surface area contributed by atoms with E-state index in [0.717, 1.165) is 6.54 Å². The van der Waals surface area contributed by atoms with Crippen LogP contribution >= 0.6 is 0 Å². The zero-order chi connectivity index (χ0) is 15.1. The van der Waals surface area contributed by atoms with Gasteiger partial charge in [-0.2, -0.15) is 0 Å². The molecule has 1 fully saturated rings. The topological polar surface area (TPSA) is 30.5 Å². The molecule has 0 bridgehead atoms. The molecule has 1 aliphatic carbocycles. The molecule has 0 saturated heterocycles. The average molecular weight is 285 g/mol. The highest BCUT2D eigenvalue weighted by Gasteiger charge is 2.31. The highest BCUT2D eigenvalue weighted by atomic mass is 16.5. The number of ether oxygens (including phenoxy) is 2. The van der Waals surface area contributed by atoms with E-state index in [4.69, 9.17) is 9.47 Å². The molecule has 0 aromatic heterocycles. The van der Waals surface area contributed by atoms with Crippen molar-refractivity contribution < 1.29 is 9.47 Å². The molecule has 3 nitrogen and oxygen atoms in total. The van der Waals surface area contributed by atoms with E-state index in [1.54, 1.807) is 0 Å². The molecule has 1 rings (SSSR count). The first-order chi connectivity index (χ1) is 9.33. The maximum Gasteiger partial charge on any atom is 0.0807 e. The Balaban J connectivity index is 2.44. The monoisotopic (exact) mass is 285 g/mol. The van der Waals surface area contributed by atoms with E-state index in [1.165, 1.54) is 38.5 Å². The van der Waals surface area contributed by atoms with Crippen molar-refractivity contribution in [2.75, 3.05) is 19.8 Å². The van der Waals surface area contributed by atoms with E-state index in [1.807, 2.05) is 0 Å². The van der Waals surface area contributed by atoms with Crippen LogP contribution in [0.1, 0.15) is 73.1 Å². The Hall–Kier alpha value is -0.120. The zero-order valence-electron chi connectivity index (χ0n) is 14.3. The van der Waals surface area contributed by atoms with Crippen LogP contribution in [0.3, 0.4) is 0 Å². The van der Waals surface area contributed by atoms with Gasteiger partial charge in [0.2, 0.25) is 0 Å². The van der Waals surface area contributed by atoms with Crippen molar-refractivity contribution in [3.63, 3.8) is 0 Å². The Morgan fingerprint density at radius 1 is 1.00 bits per heavy atom. The third-order valence-electron chi connectivity index (χ3n) is 3.87. The maximum atomic E-state index is 6.31. The third kappa shape index (κ3) is 7.61. The average Bonchev–Trinajstić information content (AvgIpc) is 2.58. The zero-order valence-corrected chi connectivity index (χ0v) is 14.3. The van der Waals surface area contributed by atoms with Crippen LogP contribution in [0.15, 0.2) is 0 Å². The minimum Gasteiger partial charge on any atom is -0.373 e. The summed E-state index contributed by atoms with van der Waals surface area (Å²) in [5.41, 5.74) is -0.0435. The van der Waals surface area contributed by atoms with Gasteiger partial charge >= 0.3 is 0 Å². The SMILES string of the molecule is CC(C)NCC1(OCCOC(C)(C)C)CCCCCC1. The van der Waals surface area contributed by atoms with E-state index >= 15 is 0 Å². The van der Waals surface area contributed by atoms with E-state index < -0.39 is 0 Å². The molecule has 0 unspecified atom stereocenters. The summed E-state index contributed by atoms with van der Waals surface area (Å²) in [4.78, 5) is 0. The van der Waals surface area contributed by atoms with E-state index in [9.17, 15) is 0 Å². The van der Waals surface area contributed by atoms with Gasteiger partial charge in [0, 0.05) is 12.6 Å². The van der Waals surface area contributed by atoms with Gasteiger partial charge in [0.1, 0.15) is 0 Å². The van der Waals surface area contributed by atoms with Gasteiger partial charge in [0.25, 0.3) is 0 Å². The molecule has 0 spiro atoms. The Kier molecular flexibility index (Phi) is 7.49. The number of hydrogen-bond donors (Lipinski definition) is 1. The van der Waals surface area contributed by atoms with Crippen LogP contribution in [-0.4, -0.2) is 37.0 Å². The normalized spacial score (nSPS) is 20.1. The first kappa shape index (κ1) is 17.9. The maximum absolute atomic E-state index is 6.31. The summed E-state index contributed by atoms with van der Waals surface area (Å²) in [6.07, 6.45) is 7.65. The Bertz CT molecular complexity index is 250. The van der Waals surface area contributed by atoms with Gasteiger partial charge in [-0.25, -0.2) is 0 Å². The Labute approximate surface area is 125 Å².